The fourth-order valence-electron chi connectivity index (χ4n) is 0.898. The van der Waals surface area contributed by atoms with Crippen LogP contribution in [0.5, 0.6) is 0 Å². The number of rotatable bonds is 4. The number of nitrogens with zero attached hydrogens (tertiary/aromatic N) is 1. The van der Waals surface area contributed by atoms with Gasteiger partial charge in [0, 0.05) is 24.5 Å². The Hall–Kier alpha value is -0.930. The largest absolute Gasteiger partial charge is 0.394 e. The van der Waals surface area contributed by atoms with Crippen molar-refractivity contribution in [3.05, 3.63) is 30.1 Å². The minimum atomic E-state index is -0.219. The highest BCUT2D eigenvalue weighted by molar-refractivity contribution is 5.09. The Bertz CT molecular complexity index is 246. The van der Waals surface area contributed by atoms with Crippen molar-refractivity contribution >= 4 is 0 Å². The first-order valence-electron chi connectivity index (χ1n) is 4.39. The normalized spacial score (nSPS) is 11.6. The van der Waals surface area contributed by atoms with E-state index in [2.05, 4.69) is 10.3 Å². The first kappa shape index (κ1) is 10.2. The lowest BCUT2D eigenvalue weighted by atomic mass is 10.1. The monoisotopic (exact) mass is 180 g/mol. The van der Waals surface area contributed by atoms with Crippen LogP contribution in [0.4, 0.5) is 0 Å². The van der Waals surface area contributed by atoms with Crippen molar-refractivity contribution in [2.24, 2.45) is 0 Å². The van der Waals surface area contributed by atoms with Gasteiger partial charge in [-0.1, -0.05) is 0 Å². The fraction of sp³-hybridized carbons (Fsp3) is 0.500. The Labute approximate surface area is 78.8 Å². The average molecular weight is 180 g/mol. The topological polar surface area (TPSA) is 45.1 Å². The molecule has 1 heterocycles. The summed E-state index contributed by atoms with van der Waals surface area (Å²) in [5, 5.41) is 12.2. The Morgan fingerprint density at radius 1 is 1.38 bits per heavy atom. The molecule has 0 aliphatic heterocycles. The van der Waals surface area contributed by atoms with Gasteiger partial charge in [0.25, 0.3) is 0 Å². The van der Waals surface area contributed by atoms with Gasteiger partial charge in [-0.05, 0) is 31.5 Å². The molecule has 0 unspecified atom stereocenters. The van der Waals surface area contributed by atoms with E-state index in [1.54, 1.807) is 12.4 Å². The van der Waals surface area contributed by atoms with Crippen LogP contribution in [0.1, 0.15) is 19.4 Å². The smallest absolute Gasteiger partial charge is 0.0607 e. The van der Waals surface area contributed by atoms with Crippen LogP contribution >= 0.6 is 0 Å². The molecule has 0 aliphatic carbocycles. The second-order valence-corrected chi connectivity index (χ2v) is 3.75. The third kappa shape index (κ3) is 3.53. The van der Waals surface area contributed by atoms with Crippen molar-refractivity contribution in [3.8, 4) is 0 Å². The predicted molar refractivity (Wildman–Crippen MR) is 52.2 cm³/mol. The molecule has 0 amide bonds. The predicted octanol–water partition coefficient (Wildman–Crippen LogP) is 0.942. The Morgan fingerprint density at radius 2 is 2.00 bits per heavy atom. The molecule has 13 heavy (non-hydrogen) atoms. The van der Waals surface area contributed by atoms with Gasteiger partial charge in [-0.25, -0.2) is 0 Å². The van der Waals surface area contributed by atoms with Crippen molar-refractivity contribution in [2.75, 3.05) is 6.61 Å². The van der Waals surface area contributed by atoms with Gasteiger partial charge >= 0.3 is 0 Å². The third-order valence-corrected chi connectivity index (χ3v) is 1.92. The minimum absolute atomic E-state index is 0.137. The van der Waals surface area contributed by atoms with E-state index in [9.17, 15) is 0 Å². The standard InChI is InChI=1S/C10H16N2O/c1-10(2,8-13)12-7-9-3-5-11-6-4-9/h3-6,12-13H,7-8H2,1-2H3. The highest BCUT2D eigenvalue weighted by Gasteiger charge is 2.14. The highest BCUT2D eigenvalue weighted by atomic mass is 16.3. The van der Waals surface area contributed by atoms with Crippen molar-refractivity contribution in [1.29, 1.82) is 0 Å². The molecule has 3 nitrogen and oxygen atoms in total. The number of nitrogens with one attached hydrogen (secondary N) is 1. The zero-order valence-corrected chi connectivity index (χ0v) is 8.12. The number of pyridine rings is 1. The Kier molecular flexibility index (Phi) is 3.39. The summed E-state index contributed by atoms with van der Waals surface area (Å²) in [6, 6.07) is 3.92. The van der Waals surface area contributed by atoms with Gasteiger partial charge in [0.15, 0.2) is 0 Å². The van der Waals surface area contributed by atoms with Gasteiger partial charge in [-0.3, -0.25) is 4.98 Å². The number of hydrogen-bond acceptors (Lipinski definition) is 3. The van der Waals surface area contributed by atoms with Crippen molar-refractivity contribution < 1.29 is 5.11 Å². The van der Waals surface area contributed by atoms with E-state index in [-0.39, 0.29) is 12.1 Å². The van der Waals surface area contributed by atoms with Crippen LogP contribution in [0, 0.1) is 0 Å². The highest BCUT2D eigenvalue weighted by Crippen LogP contribution is 2.03. The van der Waals surface area contributed by atoms with Gasteiger partial charge in [0.2, 0.25) is 0 Å². The molecule has 3 heteroatoms. The van der Waals surface area contributed by atoms with Gasteiger partial charge in [-0.15, -0.1) is 0 Å². The molecule has 72 valence electrons. The van der Waals surface area contributed by atoms with Crippen LogP contribution in [0.15, 0.2) is 24.5 Å². The van der Waals surface area contributed by atoms with E-state index in [0.717, 1.165) is 6.54 Å². The van der Waals surface area contributed by atoms with Crippen LogP contribution in [-0.4, -0.2) is 22.2 Å². The van der Waals surface area contributed by atoms with E-state index >= 15 is 0 Å². The van der Waals surface area contributed by atoms with E-state index in [1.807, 2.05) is 26.0 Å². The first-order valence-corrected chi connectivity index (χ1v) is 4.39. The summed E-state index contributed by atoms with van der Waals surface area (Å²) < 4.78 is 0. The number of aromatic nitrogens is 1. The molecule has 1 aromatic rings. The zero-order chi connectivity index (χ0) is 9.73. The van der Waals surface area contributed by atoms with Crippen LogP contribution in [-0.2, 0) is 6.54 Å². The van der Waals surface area contributed by atoms with E-state index in [4.69, 9.17) is 5.11 Å². The summed E-state index contributed by atoms with van der Waals surface area (Å²) in [4.78, 5) is 3.93. The minimum Gasteiger partial charge on any atom is -0.394 e. The van der Waals surface area contributed by atoms with Crippen LogP contribution in [0.2, 0.25) is 0 Å². The lowest BCUT2D eigenvalue weighted by Gasteiger charge is -2.23. The molecular weight excluding hydrogens is 164 g/mol. The first-order chi connectivity index (χ1) is 6.14. The molecule has 0 radical (unpaired) electrons. The zero-order valence-electron chi connectivity index (χ0n) is 8.12. The van der Waals surface area contributed by atoms with Crippen LogP contribution < -0.4 is 5.32 Å². The number of hydrogen-bond donors (Lipinski definition) is 2. The van der Waals surface area contributed by atoms with Crippen LogP contribution in [0.25, 0.3) is 0 Å². The third-order valence-electron chi connectivity index (χ3n) is 1.92. The van der Waals surface area contributed by atoms with Crippen molar-refractivity contribution in [2.45, 2.75) is 25.9 Å². The molecule has 0 aromatic carbocycles. The molecule has 1 aromatic heterocycles. The van der Waals surface area contributed by atoms with Gasteiger partial charge in [0.1, 0.15) is 0 Å². The number of aliphatic hydroxyl groups is 1. The quantitative estimate of drug-likeness (QED) is 0.725. The van der Waals surface area contributed by atoms with E-state index in [0.29, 0.717) is 0 Å². The van der Waals surface area contributed by atoms with Gasteiger partial charge in [-0.2, -0.15) is 0 Å². The molecule has 0 spiro atoms. The maximum absolute atomic E-state index is 9.00. The lowest BCUT2D eigenvalue weighted by Crippen LogP contribution is -2.42. The molecular formula is C10H16N2O. The molecule has 0 saturated carbocycles. The van der Waals surface area contributed by atoms with E-state index in [1.165, 1.54) is 5.56 Å². The fourth-order valence-corrected chi connectivity index (χ4v) is 0.898. The maximum Gasteiger partial charge on any atom is 0.0607 e. The molecule has 0 fully saturated rings. The van der Waals surface area contributed by atoms with Crippen molar-refractivity contribution in [1.82, 2.24) is 10.3 Å². The molecule has 2 N–H and O–H groups in total. The van der Waals surface area contributed by atoms with Crippen LogP contribution in [0.3, 0.4) is 0 Å². The van der Waals surface area contributed by atoms with Crippen molar-refractivity contribution in [3.63, 3.8) is 0 Å². The molecule has 0 saturated heterocycles. The Balaban J connectivity index is 2.44. The summed E-state index contributed by atoms with van der Waals surface area (Å²) in [5.41, 5.74) is 0.958. The Morgan fingerprint density at radius 3 is 2.54 bits per heavy atom. The molecule has 0 aliphatic rings. The lowest BCUT2D eigenvalue weighted by molar-refractivity contribution is 0.187. The second-order valence-electron chi connectivity index (χ2n) is 3.75. The maximum atomic E-state index is 9.00. The van der Waals surface area contributed by atoms with E-state index < -0.39 is 0 Å². The summed E-state index contributed by atoms with van der Waals surface area (Å²) in [5.74, 6) is 0. The summed E-state index contributed by atoms with van der Waals surface area (Å²) >= 11 is 0. The number of aliphatic hydroxyl groups excluding tert-OH is 1. The average Bonchev–Trinajstić information content (AvgIpc) is 2.17. The molecule has 0 atom stereocenters. The molecule has 0 bridgehead atoms. The van der Waals surface area contributed by atoms with Gasteiger partial charge < -0.3 is 10.4 Å². The second kappa shape index (κ2) is 4.35. The molecule has 1 rings (SSSR count). The summed E-state index contributed by atoms with van der Waals surface area (Å²) in [6.07, 6.45) is 3.53. The summed E-state index contributed by atoms with van der Waals surface area (Å²) in [6.45, 7) is 4.83. The van der Waals surface area contributed by atoms with Gasteiger partial charge in [0.05, 0.1) is 6.61 Å². The SMILES string of the molecule is CC(C)(CO)NCc1ccncc1. The summed E-state index contributed by atoms with van der Waals surface area (Å²) in [7, 11) is 0.